The summed E-state index contributed by atoms with van der Waals surface area (Å²) in [5.74, 6) is -1.27. The molecule has 0 radical (unpaired) electrons. The van der Waals surface area contributed by atoms with E-state index in [0.717, 1.165) is 72.7 Å². The molecule has 624 valence electrons. The maximum absolute atomic E-state index is 14.7. The number of para-hydroxylation sites is 4. The van der Waals surface area contributed by atoms with E-state index in [1.165, 1.54) is 44.6 Å². The van der Waals surface area contributed by atoms with Crippen LogP contribution in [0.15, 0.2) is 157 Å². The number of carbonyl (C=O) groups excluding carboxylic acids is 4. The second kappa shape index (κ2) is 37.0. The van der Waals surface area contributed by atoms with Crippen molar-refractivity contribution in [2.24, 2.45) is 0 Å². The van der Waals surface area contributed by atoms with Crippen molar-refractivity contribution in [1.29, 1.82) is 0 Å². The molecule has 10 heterocycles. The van der Waals surface area contributed by atoms with Crippen LogP contribution in [0.5, 0.6) is 34.5 Å². The van der Waals surface area contributed by atoms with Crippen molar-refractivity contribution in [3.63, 3.8) is 0 Å². The summed E-state index contributed by atoms with van der Waals surface area (Å²) in [6.07, 6.45) is -0.311. The number of nitrogens with zero attached hydrogens (tertiary/aromatic N) is 6. The van der Waals surface area contributed by atoms with Crippen LogP contribution in [-0.2, 0) is 44.3 Å². The molecule has 4 aromatic heterocycles. The number of pyridine rings is 2. The molecule has 14 rings (SSSR count). The molecular weight excluding hydrogens is 1550 g/mol. The number of benzene rings is 4. The molecule has 6 aliphatic heterocycles. The van der Waals surface area contributed by atoms with Crippen LogP contribution >= 0.6 is 22.7 Å². The molecule has 30 heteroatoms. The Morgan fingerprint density at radius 2 is 0.836 bits per heavy atom. The molecule has 6 fully saturated rings. The summed E-state index contributed by atoms with van der Waals surface area (Å²) in [5.41, 5.74) is -8.92. The van der Waals surface area contributed by atoms with Crippen molar-refractivity contribution in [1.82, 2.24) is 40.2 Å². The Kier molecular flexibility index (Phi) is 27.9. The molecule has 0 saturated carbocycles. The van der Waals surface area contributed by atoms with Gasteiger partial charge < -0.3 is 80.6 Å². The zero-order valence-corrected chi connectivity index (χ0v) is 67.0. The quantitative estimate of drug-likeness (QED) is 0.0402. The van der Waals surface area contributed by atoms with Gasteiger partial charge in [0.2, 0.25) is 11.2 Å². The summed E-state index contributed by atoms with van der Waals surface area (Å²) in [6, 6.07) is 31.8. The number of phenols is 4. The number of rotatable bonds is 16. The number of aryl methyl sites for hydroxylation is 2. The molecule has 4 aromatic carbocycles. The summed E-state index contributed by atoms with van der Waals surface area (Å²) in [6.45, 7) is 11.7. The second-order valence-electron chi connectivity index (χ2n) is 30.7. The van der Waals surface area contributed by atoms with Crippen LogP contribution in [0.1, 0.15) is 181 Å². The Morgan fingerprint density at radius 1 is 0.474 bits per heavy atom. The number of nitrogens with one attached hydrogen (secondary N) is 2. The van der Waals surface area contributed by atoms with Crippen LogP contribution < -0.4 is 20.1 Å². The van der Waals surface area contributed by atoms with Crippen LogP contribution in [0.25, 0.3) is 0 Å². The molecule has 0 unspecified atom stereocenters. The van der Waals surface area contributed by atoms with E-state index in [1.807, 2.05) is 39.8 Å². The highest BCUT2D eigenvalue weighted by Gasteiger charge is 2.59. The Labute approximate surface area is 678 Å². The summed E-state index contributed by atoms with van der Waals surface area (Å²) in [5, 5.41) is 93.5. The standard InChI is InChI=1S/2C32H36F3N3O5S.2C11H15NO2/c1-3-8-26-31(43-22-19-21(2)44-20-22,12-7-16-38(26)28(40)27-24(32(33,34)35)10-6-15-36-27)29(41)37-17-13-30(42,14-18-37)23-9-4-5-11-25(23)39;1-3-7-27-31(43-22-18-21(2)44-20-22,11-6-15-38(27)28(40)23-19-36-14-10-24(23)32(33,34)35)29(41)37-16-12-30(42,13-17-37)25-8-4-5-9-26(25)39;2*13-10-4-2-1-3-9(10)11(14)5-7-12-8-6-11/h4-6,9-11,15,19-20,26,39,42H,3,7-8,12-14,16-18H2,1-2H3;4-5,8-10,14,18-20,27,39,42H,3,6-7,11-13,15-17H2,1-2H3;2*1-4,12-14H,5-8H2/t26-,31+;27-,31+;;/m11../s1. The SMILES string of the molecule is CCC[C@H]1N(C(=O)c2cnccc2C(F)(F)F)CCC[C@@]1(Oc1csc(C)c1)C(=O)N1CCC(O)(c2ccccc2O)CC1.CCC[C@H]1N(C(=O)c2ncccc2C(F)(F)F)CCC[C@@]1(Oc1csc(C)c1)C(=O)N1CCC(O)(c2ccccc2O)CC1.Oc1ccccc1C1(O)CCNCC1.Oc1ccccc1C1(O)CCNCC1. The average molecular weight is 1650 g/mol. The highest BCUT2D eigenvalue weighted by Crippen LogP contribution is 2.47. The van der Waals surface area contributed by atoms with E-state index in [0.29, 0.717) is 98.0 Å². The van der Waals surface area contributed by atoms with E-state index in [-0.39, 0.29) is 113 Å². The van der Waals surface area contributed by atoms with Crippen molar-refractivity contribution < 1.29 is 95.8 Å². The maximum Gasteiger partial charge on any atom is 0.418 e. The molecule has 4 atom stereocenters. The van der Waals surface area contributed by atoms with Gasteiger partial charge >= 0.3 is 12.4 Å². The number of likely N-dealkylation sites (tertiary alicyclic amines) is 4. The first-order chi connectivity index (χ1) is 55.2. The first-order valence-corrected chi connectivity index (χ1v) is 41.2. The van der Waals surface area contributed by atoms with Gasteiger partial charge in [-0.1, -0.05) is 99.5 Å². The van der Waals surface area contributed by atoms with Crippen LogP contribution in [-0.4, -0.2) is 183 Å². The molecule has 116 heavy (non-hydrogen) atoms. The van der Waals surface area contributed by atoms with Gasteiger partial charge in [0.05, 0.1) is 51.2 Å². The van der Waals surface area contributed by atoms with Gasteiger partial charge in [-0.15, -0.1) is 22.7 Å². The van der Waals surface area contributed by atoms with E-state index in [2.05, 4.69) is 20.6 Å². The lowest BCUT2D eigenvalue weighted by Crippen LogP contribution is -2.68. The van der Waals surface area contributed by atoms with E-state index in [4.69, 9.17) is 9.47 Å². The predicted octanol–water partition coefficient (Wildman–Crippen LogP) is 13.7. The number of phenolic OH excluding ortho intramolecular Hbond substituents is 4. The first kappa shape index (κ1) is 87.4. The lowest BCUT2D eigenvalue weighted by Gasteiger charge is -2.51. The number of aliphatic hydroxyl groups is 4. The zero-order chi connectivity index (χ0) is 83.4. The molecule has 0 bridgehead atoms. The van der Waals surface area contributed by atoms with E-state index in [9.17, 15) is 86.4 Å². The zero-order valence-electron chi connectivity index (χ0n) is 65.3. The number of piperidine rings is 6. The van der Waals surface area contributed by atoms with Gasteiger partial charge in [0.15, 0.2) is 0 Å². The fraction of sp³-hybridized carbons (Fsp3) is 0.465. The number of hydrogen-bond donors (Lipinski definition) is 10. The number of aromatic nitrogens is 2. The third-order valence-corrected chi connectivity index (χ3v) is 24.7. The van der Waals surface area contributed by atoms with Crippen molar-refractivity contribution in [2.45, 2.75) is 188 Å². The lowest BCUT2D eigenvalue weighted by atomic mass is 9.78. The fourth-order valence-corrected chi connectivity index (χ4v) is 18.2. The molecule has 6 aliphatic rings. The van der Waals surface area contributed by atoms with Crippen LogP contribution in [0.4, 0.5) is 26.3 Å². The van der Waals surface area contributed by atoms with Gasteiger partial charge in [-0.05, 0) is 172 Å². The molecule has 22 nitrogen and oxygen atoms in total. The number of ether oxygens (including phenoxy) is 2. The largest absolute Gasteiger partial charge is 0.508 e. The number of aromatic hydroxyl groups is 4. The third kappa shape index (κ3) is 19.4. The Bertz CT molecular complexity index is 4380. The topological polar surface area (TPSA) is 311 Å². The molecule has 4 amide bonds. The number of hydrogen-bond acceptors (Lipinski definition) is 20. The third-order valence-electron chi connectivity index (χ3n) is 23.0. The van der Waals surface area contributed by atoms with Crippen molar-refractivity contribution in [3.8, 4) is 34.5 Å². The van der Waals surface area contributed by atoms with Gasteiger partial charge in [0.1, 0.15) is 40.2 Å². The number of carbonyl (C=O) groups is 4. The van der Waals surface area contributed by atoms with Gasteiger partial charge in [-0.2, -0.15) is 26.3 Å². The monoisotopic (exact) mass is 1650 g/mol. The summed E-state index contributed by atoms with van der Waals surface area (Å²) in [7, 11) is 0. The normalized spacial score (nSPS) is 21.7. The number of halogens is 6. The summed E-state index contributed by atoms with van der Waals surface area (Å²) in [4.78, 5) is 72.6. The number of alkyl halides is 6. The molecule has 0 spiro atoms. The van der Waals surface area contributed by atoms with Gasteiger partial charge in [-0.25, -0.2) is 0 Å². The molecular formula is C86H102F6N8O14S2. The highest BCUT2D eigenvalue weighted by atomic mass is 32.1. The molecule has 6 saturated heterocycles. The lowest BCUT2D eigenvalue weighted by molar-refractivity contribution is -0.164. The van der Waals surface area contributed by atoms with Crippen molar-refractivity contribution >= 4 is 46.3 Å². The second-order valence-corrected chi connectivity index (χ2v) is 32.9. The summed E-state index contributed by atoms with van der Waals surface area (Å²) < 4.78 is 96.7. The fourth-order valence-electron chi connectivity index (χ4n) is 17.0. The van der Waals surface area contributed by atoms with Crippen LogP contribution in [0.2, 0.25) is 0 Å². The van der Waals surface area contributed by atoms with Gasteiger partial charge in [0, 0.05) is 113 Å². The number of amides is 4. The van der Waals surface area contributed by atoms with Crippen LogP contribution in [0, 0.1) is 13.8 Å². The summed E-state index contributed by atoms with van der Waals surface area (Å²) >= 11 is 2.88. The Hall–Kier alpha value is -9.40. The minimum absolute atomic E-state index is 0.0273. The van der Waals surface area contributed by atoms with Gasteiger partial charge in [0.25, 0.3) is 23.6 Å². The van der Waals surface area contributed by atoms with E-state index in [1.54, 1.807) is 105 Å². The maximum atomic E-state index is 14.7. The van der Waals surface area contributed by atoms with E-state index >= 15 is 0 Å². The van der Waals surface area contributed by atoms with Crippen molar-refractivity contribution in [2.75, 3.05) is 65.4 Å². The minimum atomic E-state index is -4.79. The molecule has 8 aromatic rings. The number of thiophene rings is 2. The minimum Gasteiger partial charge on any atom is -0.508 e. The molecule has 0 aliphatic carbocycles. The molecule has 10 N–H and O–H groups in total. The van der Waals surface area contributed by atoms with E-state index < -0.39 is 92.2 Å². The van der Waals surface area contributed by atoms with Gasteiger partial charge in [-0.3, -0.25) is 29.1 Å². The first-order valence-electron chi connectivity index (χ1n) is 39.4. The van der Waals surface area contributed by atoms with Crippen molar-refractivity contribution in [3.05, 3.63) is 211 Å². The Morgan fingerprint density at radius 3 is 1.18 bits per heavy atom. The van der Waals surface area contributed by atoms with Crippen LogP contribution in [0.3, 0.4) is 0 Å². The predicted molar refractivity (Wildman–Crippen MR) is 425 cm³/mol. The smallest absolute Gasteiger partial charge is 0.418 e. The highest BCUT2D eigenvalue weighted by molar-refractivity contribution is 7.10. The average Bonchev–Trinajstić information content (AvgIpc) is 0.824. The Balaban J connectivity index is 0.000000171.